The van der Waals surface area contributed by atoms with Crippen molar-refractivity contribution < 1.29 is 37.3 Å². The number of amides is 1. The molecule has 0 radical (unpaired) electrons. The summed E-state index contributed by atoms with van der Waals surface area (Å²) in [6, 6.07) is 11.2. The third-order valence-corrected chi connectivity index (χ3v) is 5.74. The molecule has 3 aromatic rings. The Morgan fingerprint density at radius 2 is 1.79 bits per heavy atom. The Hall–Kier alpha value is -4.72. The lowest BCUT2D eigenvalue weighted by atomic mass is 10.1. The van der Waals surface area contributed by atoms with E-state index >= 15 is 0 Å². The third-order valence-electron chi connectivity index (χ3n) is 4.94. The maximum atomic E-state index is 12.9. The lowest BCUT2D eigenvalue weighted by molar-refractivity contribution is -0.394. The number of nitro groups is 2. The van der Waals surface area contributed by atoms with E-state index in [1.54, 1.807) is 6.07 Å². The first-order valence-corrected chi connectivity index (χ1v) is 11.5. The number of carbonyl (C=O) groups is 1. The Morgan fingerprint density at radius 3 is 2.38 bits per heavy atom. The zero-order valence-electron chi connectivity index (χ0n) is 19.5. The van der Waals surface area contributed by atoms with Crippen molar-refractivity contribution in [3.63, 3.8) is 0 Å². The summed E-state index contributed by atoms with van der Waals surface area (Å²) in [7, 11) is 1.27. The van der Waals surface area contributed by atoms with E-state index in [2.05, 4.69) is 5.32 Å². The molecule has 1 N–H and O–H groups in total. The normalized spacial score (nSPS) is 11.3. The van der Waals surface area contributed by atoms with E-state index in [-0.39, 0.29) is 28.5 Å². The first kappa shape index (κ1) is 28.8. The summed E-state index contributed by atoms with van der Waals surface area (Å²) >= 11 is 1.81. The van der Waals surface area contributed by atoms with Crippen LogP contribution >= 0.6 is 22.6 Å². The molecule has 0 aliphatic rings. The Labute approximate surface area is 230 Å². The number of alkyl halides is 3. The molecular formula is C24H14F3IN4O7. The summed E-state index contributed by atoms with van der Waals surface area (Å²) < 4.78 is 50.1. The van der Waals surface area contributed by atoms with E-state index in [4.69, 9.17) is 9.47 Å². The molecular weight excluding hydrogens is 640 g/mol. The van der Waals surface area contributed by atoms with Gasteiger partial charge in [-0.15, -0.1) is 0 Å². The van der Waals surface area contributed by atoms with Gasteiger partial charge in [-0.05, 0) is 70.6 Å². The number of hydrogen-bond donors (Lipinski definition) is 1. The fraction of sp³-hybridized carbons (Fsp3) is 0.0833. The number of nitrogens with one attached hydrogen (secondary N) is 1. The quantitative estimate of drug-likeness (QED) is 0.0952. The highest BCUT2D eigenvalue weighted by molar-refractivity contribution is 14.1. The SMILES string of the molecule is COc1cc(/C=C(\C#N)C(=O)Nc2cccc(C(F)(F)F)c2)cc(I)c1Oc1ccc([N+](=O)[O-])cc1[N+](=O)[O-]. The van der Waals surface area contributed by atoms with Crippen LogP contribution in [-0.2, 0) is 11.0 Å². The second kappa shape index (κ2) is 11.8. The Morgan fingerprint density at radius 1 is 1.08 bits per heavy atom. The number of ether oxygens (including phenoxy) is 2. The molecule has 0 aliphatic carbocycles. The van der Waals surface area contributed by atoms with E-state index in [0.717, 1.165) is 42.5 Å². The van der Waals surface area contributed by atoms with E-state index in [1.165, 1.54) is 25.3 Å². The number of nitrogens with zero attached hydrogens (tertiary/aromatic N) is 3. The molecule has 3 aromatic carbocycles. The van der Waals surface area contributed by atoms with E-state index in [1.807, 2.05) is 22.6 Å². The van der Waals surface area contributed by atoms with Gasteiger partial charge in [-0.3, -0.25) is 25.0 Å². The monoisotopic (exact) mass is 654 g/mol. The van der Waals surface area contributed by atoms with Crippen molar-refractivity contribution in [3.8, 4) is 23.3 Å². The van der Waals surface area contributed by atoms with E-state index in [0.29, 0.717) is 3.57 Å². The first-order chi connectivity index (χ1) is 18.3. The van der Waals surface area contributed by atoms with Crippen LogP contribution in [0.3, 0.4) is 0 Å². The molecule has 1 amide bonds. The number of benzene rings is 3. The van der Waals surface area contributed by atoms with Crippen molar-refractivity contribution in [2.75, 3.05) is 12.4 Å². The molecule has 0 bridgehead atoms. The molecule has 0 aromatic heterocycles. The van der Waals surface area contributed by atoms with Crippen LogP contribution in [0.2, 0.25) is 0 Å². The third kappa shape index (κ3) is 6.98. The number of anilines is 1. The van der Waals surface area contributed by atoms with Crippen LogP contribution in [0.15, 0.2) is 60.2 Å². The number of carbonyl (C=O) groups excluding carboxylic acids is 1. The largest absolute Gasteiger partial charge is 0.493 e. The second-order valence-corrected chi connectivity index (χ2v) is 8.67. The van der Waals surface area contributed by atoms with Crippen LogP contribution in [0.25, 0.3) is 6.08 Å². The number of halogens is 4. The van der Waals surface area contributed by atoms with Gasteiger partial charge in [0.2, 0.25) is 5.75 Å². The molecule has 11 nitrogen and oxygen atoms in total. The minimum atomic E-state index is -4.62. The topological polar surface area (TPSA) is 158 Å². The molecule has 0 atom stereocenters. The Kier molecular flexibility index (Phi) is 8.71. The van der Waals surface area contributed by atoms with Gasteiger partial charge in [0, 0.05) is 11.8 Å². The zero-order valence-corrected chi connectivity index (χ0v) is 21.6. The maximum absolute atomic E-state index is 12.9. The summed E-state index contributed by atoms with van der Waals surface area (Å²) in [6.07, 6.45) is -3.47. The summed E-state index contributed by atoms with van der Waals surface area (Å²) in [4.78, 5) is 33.3. The first-order valence-electron chi connectivity index (χ1n) is 10.4. The number of hydrogen-bond acceptors (Lipinski definition) is 8. The molecule has 0 saturated carbocycles. The number of methoxy groups -OCH3 is 1. The highest BCUT2D eigenvalue weighted by Gasteiger charge is 2.30. The van der Waals surface area contributed by atoms with Gasteiger partial charge in [0.15, 0.2) is 11.5 Å². The van der Waals surface area contributed by atoms with E-state index in [9.17, 15) is 43.5 Å². The van der Waals surface area contributed by atoms with Crippen molar-refractivity contribution in [3.05, 3.63) is 95.1 Å². The van der Waals surface area contributed by atoms with Gasteiger partial charge in [0.25, 0.3) is 11.6 Å². The molecule has 39 heavy (non-hydrogen) atoms. The Balaban J connectivity index is 1.93. The minimum Gasteiger partial charge on any atom is -0.493 e. The van der Waals surface area contributed by atoms with Crippen LogP contribution in [0.1, 0.15) is 11.1 Å². The molecule has 200 valence electrons. The van der Waals surface area contributed by atoms with Gasteiger partial charge < -0.3 is 14.8 Å². The molecule has 3 rings (SSSR count). The number of non-ortho nitro benzene ring substituents is 1. The van der Waals surface area contributed by atoms with Gasteiger partial charge in [0.1, 0.15) is 11.6 Å². The fourth-order valence-corrected chi connectivity index (χ4v) is 3.90. The van der Waals surface area contributed by atoms with Crippen molar-refractivity contribution in [2.45, 2.75) is 6.18 Å². The molecule has 0 heterocycles. The number of nitriles is 1. The predicted molar refractivity (Wildman–Crippen MR) is 139 cm³/mol. The van der Waals surface area contributed by atoms with Gasteiger partial charge in [-0.1, -0.05) is 6.07 Å². The summed E-state index contributed by atoms with van der Waals surface area (Å²) in [6.45, 7) is 0. The summed E-state index contributed by atoms with van der Waals surface area (Å²) in [5.74, 6) is -1.22. The summed E-state index contributed by atoms with van der Waals surface area (Å²) in [5.41, 5.74) is -2.50. The lowest BCUT2D eigenvalue weighted by Crippen LogP contribution is -2.14. The van der Waals surface area contributed by atoms with E-state index < -0.39 is 44.4 Å². The molecule has 15 heteroatoms. The van der Waals surface area contributed by atoms with Gasteiger partial charge in [-0.2, -0.15) is 18.4 Å². The zero-order chi connectivity index (χ0) is 28.9. The smallest absolute Gasteiger partial charge is 0.416 e. The number of rotatable bonds is 8. The van der Waals surface area contributed by atoms with Crippen LogP contribution < -0.4 is 14.8 Å². The van der Waals surface area contributed by atoms with Gasteiger partial charge in [0.05, 0.1) is 32.2 Å². The molecule has 0 saturated heterocycles. The predicted octanol–water partition coefficient (Wildman–Crippen LogP) is 6.47. The van der Waals surface area contributed by atoms with Gasteiger partial charge >= 0.3 is 11.9 Å². The average Bonchev–Trinajstić information content (AvgIpc) is 2.87. The Bertz CT molecular complexity index is 1550. The van der Waals surface area contributed by atoms with Crippen molar-refractivity contribution in [1.82, 2.24) is 0 Å². The maximum Gasteiger partial charge on any atom is 0.416 e. The standard InChI is InChI=1S/C24H14F3IN4O7/c1-38-21-9-13(7-14(12-29)23(33)30-16-4-2-3-15(10-16)24(25,26)27)8-18(28)22(21)39-20-6-5-17(31(34)35)11-19(20)32(36)37/h2-11H,1H3,(H,30,33)/b14-7+. The average molecular weight is 654 g/mol. The minimum absolute atomic E-state index is 0.0131. The fourth-order valence-electron chi connectivity index (χ4n) is 3.17. The summed E-state index contributed by atoms with van der Waals surface area (Å²) in [5, 5.41) is 34.1. The second-order valence-electron chi connectivity index (χ2n) is 7.50. The molecule has 0 spiro atoms. The van der Waals surface area contributed by atoms with Crippen LogP contribution in [0, 0.1) is 35.1 Å². The lowest BCUT2D eigenvalue weighted by Gasteiger charge is -2.13. The van der Waals surface area contributed by atoms with Crippen molar-refractivity contribution in [2.24, 2.45) is 0 Å². The molecule has 0 unspecified atom stereocenters. The molecule has 0 fully saturated rings. The molecule has 0 aliphatic heterocycles. The highest BCUT2D eigenvalue weighted by Crippen LogP contribution is 2.41. The van der Waals surface area contributed by atoms with Crippen LogP contribution in [0.5, 0.6) is 17.2 Å². The van der Waals surface area contributed by atoms with Gasteiger partial charge in [-0.25, -0.2) is 0 Å². The van der Waals surface area contributed by atoms with Crippen molar-refractivity contribution >= 4 is 51.6 Å². The van der Waals surface area contributed by atoms with Crippen LogP contribution in [0.4, 0.5) is 30.2 Å². The highest BCUT2D eigenvalue weighted by atomic mass is 127. The number of nitro benzene ring substituents is 2. The van der Waals surface area contributed by atoms with Crippen LogP contribution in [-0.4, -0.2) is 22.9 Å². The van der Waals surface area contributed by atoms with Crippen molar-refractivity contribution in [1.29, 1.82) is 5.26 Å².